The summed E-state index contributed by atoms with van der Waals surface area (Å²) in [5.41, 5.74) is 3.57. The second kappa shape index (κ2) is 9.54. The second-order valence-corrected chi connectivity index (χ2v) is 10.5. The molecule has 0 bridgehead atoms. The number of hydrogen-bond donors (Lipinski definition) is 1. The van der Waals surface area contributed by atoms with Crippen LogP contribution in [0.25, 0.3) is 11.0 Å². The highest BCUT2D eigenvalue weighted by molar-refractivity contribution is 7.89. The Labute approximate surface area is 202 Å². The SMILES string of the molecule is CN(Cc1cc([C@@H](CC(=O)O)c2ccc3c(c2)nnn3C)ccc1Cl)S(=O)(=O)c1ccccc1. The molecule has 0 spiro atoms. The smallest absolute Gasteiger partial charge is 0.304 e. The summed E-state index contributed by atoms with van der Waals surface area (Å²) >= 11 is 6.41. The molecular weight excluding hydrogens is 476 g/mol. The number of carboxylic acid groups (broad SMARTS) is 1. The first-order valence-corrected chi connectivity index (χ1v) is 12.3. The van der Waals surface area contributed by atoms with Gasteiger partial charge in [0, 0.05) is 31.6 Å². The molecule has 3 aromatic carbocycles. The van der Waals surface area contributed by atoms with Crippen LogP contribution in [0.15, 0.2) is 71.6 Å². The van der Waals surface area contributed by atoms with Gasteiger partial charge in [-0.25, -0.2) is 13.1 Å². The number of fused-ring (bicyclic) bond motifs is 1. The minimum Gasteiger partial charge on any atom is -0.481 e. The van der Waals surface area contributed by atoms with E-state index < -0.39 is 21.9 Å². The molecule has 1 aromatic heterocycles. The van der Waals surface area contributed by atoms with Crippen molar-refractivity contribution in [1.82, 2.24) is 19.3 Å². The molecule has 0 aliphatic heterocycles. The second-order valence-electron chi connectivity index (χ2n) is 8.04. The molecule has 4 aromatic rings. The first kappa shape index (κ1) is 23.9. The third-order valence-electron chi connectivity index (χ3n) is 5.73. The van der Waals surface area contributed by atoms with Crippen molar-refractivity contribution in [2.75, 3.05) is 7.05 Å². The number of carbonyl (C=O) groups is 1. The first-order chi connectivity index (χ1) is 16.2. The summed E-state index contributed by atoms with van der Waals surface area (Å²) in [6.45, 7) is 0.0346. The Kier molecular flexibility index (Phi) is 6.70. The predicted molar refractivity (Wildman–Crippen MR) is 129 cm³/mol. The summed E-state index contributed by atoms with van der Waals surface area (Å²) in [4.78, 5) is 11.9. The van der Waals surface area contributed by atoms with Crippen molar-refractivity contribution in [3.8, 4) is 0 Å². The fourth-order valence-corrected chi connectivity index (χ4v) is 5.25. The molecule has 0 amide bonds. The van der Waals surface area contributed by atoms with Gasteiger partial charge in [0.05, 0.1) is 16.8 Å². The van der Waals surface area contributed by atoms with Crippen LogP contribution in [0.1, 0.15) is 29.0 Å². The fourth-order valence-electron chi connectivity index (χ4n) is 3.91. The van der Waals surface area contributed by atoms with Gasteiger partial charge in [0.2, 0.25) is 10.0 Å². The molecule has 8 nitrogen and oxygen atoms in total. The van der Waals surface area contributed by atoms with E-state index in [0.717, 1.165) is 16.6 Å². The van der Waals surface area contributed by atoms with Crippen LogP contribution >= 0.6 is 11.6 Å². The Morgan fingerprint density at radius 1 is 1.09 bits per heavy atom. The number of hydrogen-bond acceptors (Lipinski definition) is 5. The standard InChI is InChI=1S/C24H23ClN4O4S/c1-28(34(32,33)19-6-4-3-5-7-19)15-18-12-16(8-10-21(18)25)20(14-24(30)31)17-9-11-23-22(13-17)26-27-29(23)2/h3-13,20H,14-15H2,1-2H3,(H,30,31)/t20-/m1/s1. The van der Waals surface area contributed by atoms with Gasteiger partial charge in [-0.05, 0) is 47.0 Å². The van der Waals surface area contributed by atoms with Crippen molar-refractivity contribution in [3.05, 3.63) is 88.4 Å². The van der Waals surface area contributed by atoms with Crippen molar-refractivity contribution in [1.29, 1.82) is 0 Å². The Morgan fingerprint density at radius 2 is 1.76 bits per heavy atom. The van der Waals surface area contributed by atoms with E-state index in [1.54, 1.807) is 48.1 Å². The molecule has 10 heteroatoms. The van der Waals surface area contributed by atoms with Gasteiger partial charge < -0.3 is 5.11 Å². The van der Waals surface area contributed by atoms with Crippen molar-refractivity contribution < 1.29 is 18.3 Å². The summed E-state index contributed by atoms with van der Waals surface area (Å²) in [5.74, 6) is -1.43. The van der Waals surface area contributed by atoms with E-state index in [0.29, 0.717) is 16.1 Å². The highest BCUT2D eigenvalue weighted by Gasteiger charge is 2.24. The van der Waals surface area contributed by atoms with Gasteiger partial charge in [-0.1, -0.05) is 53.2 Å². The summed E-state index contributed by atoms with van der Waals surface area (Å²) in [7, 11) is -0.442. The Hall–Kier alpha value is -3.27. The van der Waals surface area contributed by atoms with E-state index in [-0.39, 0.29) is 17.9 Å². The molecule has 0 aliphatic rings. The highest BCUT2D eigenvalue weighted by Crippen LogP contribution is 2.33. The number of nitrogens with zero attached hydrogens (tertiary/aromatic N) is 4. The van der Waals surface area contributed by atoms with E-state index in [9.17, 15) is 18.3 Å². The average Bonchev–Trinajstić information content (AvgIpc) is 3.19. The number of aryl methyl sites for hydroxylation is 1. The normalized spacial score (nSPS) is 12.8. The zero-order chi connectivity index (χ0) is 24.5. The summed E-state index contributed by atoms with van der Waals surface area (Å²) in [6.07, 6.45) is -0.148. The maximum absolute atomic E-state index is 13.0. The lowest BCUT2D eigenvalue weighted by atomic mass is 9.87. The van der Waals surface area contributed by atoms with Crippen LogP contribution in [-0.2, 0) is 28.4 Å². The van der Waals surface area contributed by atoms with E-state index in [2.05, 4.69) is 10.3 Å². The van der Waals surface area contributed by atoms with Gasteiger partial charge in [0.1, 0.15) is 5.52 Å². The quantitative estimate of drug-likeness (QED) is 0.393. The number of sulfonamides is 1. The van der Waals surface area contributed by atoms with Crippen LogP contribution < -0.4 is 0 Å². The van der Waals surface area contributed by atoms with E-state index >= 15 is 0 Å². The Bertz CT molecular complexity index is 1450. The van der Waals surface area contributed by atoms with Crippen molar-refractivity contribution in [3.63, 3.8) is 0 Å². The number of halogens is 1. The summed E-state index contributed by atoms with van der Waals surface area (Å²) in [6, 6.07) is 18.9. The molecular formula is C24H23ClN4O4S. The molecule has 1 atom stereocenters. The molecule has 0 aliphatic carbocycles. The monoisotopic (exact) mass is 498 g/mol. The Balaban J connectivity index is 1.69. The van der Waals surface area contributed by atoms with E-state index in [1.165, 1.54) is 23.5 Å². The van der Waals surface area contributed by atoms with Crippen LogP contribution in [0.4, 0.5) is 0 Å². The van der Waals surface area contributed by atoms with Gasteiger partial charge in [-0.15, -0.1) is 5.10 Å². The zero-order valence-corrected chi connectivity index (χ0v) is 20.2. The number of aliphatic carboxylic acids is 1. The minimum atomic E-state index is -3.72. The van der Waals surface area contributed by atoms with Gasteiger partial charge in [-0.3, -0.25) is 4.79 Å². The molecule has 0 saturated heterocycles. The van der Waals surface area contributed by atoms with E-state index in [1.807, 2.05) is 18.2 Å². The molecule has 176 valence electrons. The molecule has 1 N–H and O–H groups in total. The highest BCUT2D eigenvalue weighted by atomic mass is 35.5. The summed E-state index contributed by atoms with van der Waals surface area (Å²) < 4.78 is 28.8. The van der Waals surface area contributed by atoms with Crippen LogP contribution in [0.5, 0.6) is 0 Å². The zero-order valence-electron chi connectivity index (χ0n) is 18.6. The van der Waals surface area contributed by atoms with Gasteiger partial charge in [0.15, 0.2) is 0 Å². The molecule has 0 radical (unpaired) electrons. The number of carboxylic acids is 1. The largest absolute Gasteiger partial charge is 0.481 e. The number of benzene rings is 3. The van der Waals surface area contributed by atoms with E-state index in [4.69, 9.17) is 11.6 Å². The molecule has 1 heterocycles. The lowest BCUT2D eigenvalue weighted by Gasteiger charge is -2.21. The lowest BCUT2D eigenvalue weighted by molar-refractivity contribution is -0.137. The minimum absolute atomic E-state index is 0.0346. The van der Waals surface area contributed by atoms with Crippen LogP contribution in [-0.4, -0.2) is 45.8 Å². The fraction of sp³-hybridized carbons (Fsp3) is 0.208. The third-order valence-corrected chi connectivity index (χ3v) is 7.92. The number of rotatable bonds is 8. The van der Waals surface area contributed by atoms with Crippen LogP contribution in [0, 0.1) is 0 Å². The molecule has 0 unspecified atom stereocenters. The molecule has 34 heavy (non-hydrogen) atoms. The predicted octanol–water partition coefficient (Wildman–Crippen LogP) is 4.05. The maximum atomic E-state index is 13.0. The lowest BCUT2D eigenvalue weighted by Crippen LogP contribution is -2.26. The maximum Gasteiger partial charge on any atom is 0.304 e. The average molecular weight is 499 g/mol. The molecule has 0 fully saturated rings. The van der Waals surface area contributed by atoms with Crippen molar-refractivity contribution in [2.45, 2.75) is 23.8 Å². The van der Waals surface area contributed by atoms with Gasteiger partial charge >= 0.3 is 5.97 Å². The third kappa shape index (κ3) is 4.82. The van der Waals surface area contributed by atoms with Crippen molar-refractivity contribution >= 4 is 38.6 Å². The summed E-state index contributed by atoms with van der Waals surface area (Å²) in [5, 5.41) is 18.1. The van der Waals surface area contributed by atoms with Crippen LogP contribution in [0.3, 0.4) is 0 Å². The number of aromatic nitrogens is 3. The topological polar surface area (TPSA) is 105 Å². The van der Waals surface area contributed by atoms with Crippen LogP contribution in [0.2, 0.25) is 5.02 Å². The van der Waals surface area contributed by atoms with Gasteiger partial charge in [-0.2, -0.15) is 4.31 Å². The van der Waals surface area contributed by atoms with Crippen molar-refractivity contribution in [2.24, 2.45) is 7.05 Å². The van der Waals surface area contributed by atoms with Gasteiger partial charge in [0.25, 0.3) is 0 Å². The first-order valence-electron chi connectivity index (χ1n) is 10.5. The molecule has 4 rings (SSSR count). The molecule has 0 saturated carbocycles. The Morgan fingerprint density at radius 3 is 2.47 bits per heavy atom.